The van der Waals surface area contributed by atoms with Crippen LogP contribution in [0.15, 0.2) is 28.8 Å². The lowest BCUT2D eigenvalue weighted by molar-refractivity contribution is -0.121. The number of rotatable bonds is 6. The van der Waals surface area contributed by atoms with Gasteiger partial charge in [-0.05, 0) is 18.2 Å². The molecule has 0 radical (unpaired) electrons. The number of nitrogens with one attached hydrogen (secondary N) is 2. The SMILES string of the molecule is O=C(CCN1CCC(=O)NC1=O)NCc1cc(-c2ccc3c(c2)OCO3)on1. The van der Waals surface area contributed by atoms with Gasteiger partial charge in [0.1, 0.15) is 5.69 Å². The maximum absolute atomic E-state index is 12.0. The van der Waals surface area contributed by atoms with Crippen molar-refractivity contribution in [2.75, 3.05) is 19.9 Å². The first kappa shape index (κ1) is 17.8. The molecule has 0 atom stereocenters. The summed E-state index contributed by atoms with van der Waals surface area (Å²) in [6.45, 7) is 0.964. The van der Waals surface area contributed by atoms with Gasteiger partial charge in [0, 0.05) is 37.6 Å². The van der Waals surface area contributed by atoms with Crippen LogP contribution < -0.4 is 20.1 Å². The summed E-state index contributed by atoms with van der Waals surface area (Å²) in [6, 6.07) is 6.71. The zero-order valence-corrected chi connectivity index (χ0v) is 14.9. The molecule has 3 heterocycles. The van der Waals surface area contributed by atoms with Gasteiger partial charge >= 0.3 is 6.03 Å². The Bertz CT molecular complexity index is 925. The molecule has 2 aliphatic rings. The van der Waals surface area contributed by atoms with Crippen LogP contribution in [-0.4, -0.2) is 47.8 Å². The van der Waals surface area contributed by atoms with E-state index in [2.05, 4.69) is 15.8 Å². The van der Waals surface area contributed by atoms with Gasteiger partial charge in [0.2, 0.25) is 18.6 Å². The van der Waals surface area contributed by atoms with Gasteiger partial charge in [0.25, 0.3) is 0 Å². The van der Waals surface area contributed by atoms with Crippen LogP contribution in [0.3, 0.4) is 0 Å². The summed E-state index contributed by atoms with van der Waals surface area (Å²) in [4.78, 5) is 36.2. The van der Waals surface area contributed by atoms with Gasteiger partial charge in [0.05, 0.1) is 6.54 Å². The van der Waals surface area contributed by atoms with Crippen LogP contribution in [0.25, 0.3) is 11.3 Å². The number of carbonyl (C=O) groups excluding carboxylic acids is 3. The van der Waals surface area contributed by atoms with E-state index in [1.165, 1.54) is 4.90 Å². The predicted molar refractivity (Wildman–Crippen MR) is 94.3 cm³/mol. The van der Waals surface area contributed by atoms with Crippen molar-refractivity contribution in [2.45, 2.75) is 19.4 Å². The number of hydrogen-bond donors (Lipinski definition) is 2. The van der Waals surface area contributed by atoms with E-state index < -0.39 is 6.03 Å². The minimum atomic E-state index is -0.464. The van der Waals surface area contributed by atoms with Crippen LogP contribution in [0.5, 0.6) is 11.5 Å². The molecule has 0 saturated carbocycles. The van der Waals surface area contributed by atoms with E-state index in [1.807, 2.05) is 6.07 Å². The van der Waals surface area contributed by atoms with Crippen molar-refractivity contribution in [1.82, 2.24) is 20.7 Å². The summed E-state index contributed by atoms with van der Waals surface area (Å²) in [5.74, 6) is 1.36. The Morgan fingerprint density at radius 1 is 1.21 bits per heavy atom. The van der Waals surface area contributed by atoms with Crippen molar-refractivity contribution < 1.29 is 28.4 Å². The molecule has 4 amide bonds. The molecule has 1 fully saturated rings. The summed E-state index contributed by atoms with van der Waals surface area (Å²) in [7, 11) is 0. The third-order valence-electron chi connectivity index (χ3n) is 4.43. The Kier molecular flexibility index (Phi) is 4.83. The quantitative estimate of drug-likeness (QED) is 0.760. The second kappa shape index (κ2) is 7.59. The Labute approximate surface area is 159 Å². The fourth-order valence-electron chi connectivity index (χ4n) is 2.91. The zero-order chi connectivity index (χ0) is 19.5. The van der Waals surface area contributed by atoms with Gasteiger partial charge in [-0.15, -0.1) is 0 Å². The number of imide groups is 1. The number of nitrogens with zero attached hydrogens (tertiary/aromatic N) is 2. The Hall–Kier alpha value is -3.56. The molecule has 1 saturated heterocycles. The van der Waals surface area contributed by atoms with Crippen molar-refractivity contribution in [1.29, 1.82) is 0 Å². The van der Waals surface area contributed by atoms with Crippen LogP contribution >= 0.6 is 0 Å². The highest BCUT2D eigenvalue weighted by atomic mass is 16.7. The second-order valence-corrected chi connectivity index (χ2v) is 6.37. The number of hydrogen-bond acceptors (Lipinski definition) is 7. The highest BCUT2D eigenvalue weighted by Crippen LogP contribution is 2.35. The van der Waals surface area contributed by atoms with E-state index in [1.54, 1.807) is 18.2 Å². The van der Waals surface area contributed by atoms with Crippen LogP contribution in [0.1, 0.15) is 18.5 Å². The van der Waals surface area contributed by atoms with E-state index in [4.69, 9.17) is 14.0 Å². The van der Waals surface area contributed by atoms with Crippen LogP contribution in [-0.2, 0) is 16.1 Å². The second-order valence-electron chi connectivity index (χ2n) is 6.37. The topological polar surface area (TPSA) is 123 Å². The lowest BCUT2D eigenvalue weighted by atomic mass is 10.1. The van der Waals surface area contributed by atoms with Gasteiger partial charge in [-0.1, -0.05) is 5.16 Å². The van der Waals surface area contributed by atoms with Gasteiger partial charge < -0.3 is 24.2 Å². The largest absolute Gasteiger partial charge is 0.454 e. The standard InChI is InChI=1S/C18H18N4O6/c23-16(3-5-22-6-4-17(24)20-18(22)25)19-9-12-8-14(28-21-12)11-1-2-13-15(7-11)27-10-26-13/h1-2,7-8H,3-6,9-10H2,(H,19,23)(H,20,24,25). The number of benzene rings is 1. The summed E-state index contributed by atoms with van der Waals surface area (Å²) in [6.07, 6.45) is 0.378. The van der Waals surface area contributed by atoms with E-state index in [0.717, 1.165) is 5.56 Å². The number of carbonyl (C=O) groups is 3. The molecule has 0 spiro atoms. The molecule has 2 aromatic rings. The number of amides is 4. The Morgan fingerprint density at radius 3 is 2.93 bits per heavy atom. The Balaban J connectivity index is 1.27. The van der Waals surface area contributed by atoms with Crippen molar-refractivity contribution in [3.05, 3.63) is 30.0 Å². The molecule has 10 nitrogen and oxygen atoms in total. The predicted octanol–water partition coefficient (Wildman–Crippen LogP) is 1.02. The van der Waals surface area contributed by atoms with E-state index in [-0.39, 0.29) is 44.5 Å². The molecule has 2 N–H and O–H groups in total. The number of ether oxygens (including phenoxy) is 2. The molecule has 1 aromatic heterocycles. The van der Waals surface area contributed by atoms with Gasteiger partial charge in [-0.3, -0.25) is 14.9 Å². The lowest BCUT2D eigenvalue weighted by Gasteiger charge is -2.26. The molecule has 10 heteroatoms. The maximum atomic E-state index is 12.0. The first-order valence-electron chi connectivity index (χ1n) is 8.79. The number of urea groups is 1. The maximum Gasteiger partial charge on any atom is 0.324 e. The minimum Gasteiger partial charge on any atom is -0.454 e. The molecule has 0 aliphatic carbocycles. The average Bonchev–Trinajstić information content (AvgIpc) is 3.34. The monoisotopic (exact) mass is 386 g/mol. The van der Waals surface area contributed by atoms with Crippen LogP contribution in [0, 0.1) is 0 Å². The van der Waals surface area contributed by atoms with Crippen molar-refractivity contribution in [3.63, 3.8) is 0 Å². The van der Waals surface area contributed by atoms with Gasteiger partial charge in [-0.2, -0.15) is 0 Å². The minimum absolute atomic E-state index is 0.133. The molecule has 2 aliphatic heterocycles. The van der Waals surface area contributed by atoms with Gasteiger partial charge in [0.15, 0.2) is 17.3 Å². The highest BCUT2D eigenvalue weighted by Gasteiger charge is 2.23. The highest BCUT2D eigenvalue weighted by molar-refractivity contribution is 5.96. The first-order valence-corrected chi connectivity index (χ1v) is 8.79. The molecular formula is C18H18N4O6. The Morgan fingerprint density at radius 2 is 2.07 bits per heavy atom. The summed E-state index contributed by atoms with van der Waals surface area (Å²) in [5.41, 5.74) is 1.36. The molecule has 0 unspecified atom stereocenters. The third-order valence-corrected chi connectivity index (χ3v) is 4.43. The van der Waals surface area contributed by atoms with E-state index >= 15 is 0 Å². The fourth-order valence-corrected chi connectivity index (χ4v) is 2.91. The normalized spacial score (nSPS) is 15.5. The molecule has 28 heavy (non-hydrogen) atoms. The van der Waals surface area contributed by atoms with Crippen LogP contribution in [0.2, 0.25) is 0 Å². The van der Waals surface area contributed by atoms with E-state index in [9.17, 15) is 14.4 Å². The number of fused-ring (bicyclic) bond motifs is 1. The lowest BCUT2D eigenvalue weighted by Crippen LogP contribution is -2.50. The molecular weight excluding hydrogens is 368 g/mol. The third kappa shape index (κ3) is 3.90. The van der Waals surface area contributed by atoms with Crippen molar-refractivity contribution >= 4 is 17.8 Å². The smallest absolute Gasteiger partial charge is 0.324 e. The van der Waals surface area contributed by atoms with Crippen LogP contribution in [0.4, 0.5) is 4.79 Å². The summed E-state index contributed by atoms with van der Waals surface area (Å²) < 4.78 is 16.0. The molecule has 146 valence electrons. The molecule has 4 rings (SSSR count). The average molecular weight is 386 g/mol. The van der Waals surface area contributed by atoms with Crippen molar-refractivity contribution in [2.24, 2.45) is 0 Å². The summed E-state index contributed by atoms with van der Waals surface area (Å²) >= 11 is 0. The number of aromatic nitrogens is 1. The van der Waals surface area contributed by atoms with Crippen molar-refractivity contribution in [3.8, 4) is 22.8 Å². The van der Waals surface area contributed by atoms with E-state index in [0.29, 0.717) is 29.5 Å². The molecule has 1 aromatic carbocycles. The zero-order valence-electron chi connectivity index (χ0n) is 14.9. The fraction of sp³-hybridized carbons (Fsp3) is 0.333. The molecule has 0 bridgehead atoms. The summed E-state index contributed by atoms with van der Waals surface area (Å²) in [5, 5.41) is 8.91. The van der Waals surface area contributed by atoms with Gasteiger partial charge in [-0.25, -0.2) is 4.79 Å². The first-order chi connectivity index (χ1) is 13.6.